The third kappa shape index (κ3) is 1.99. The van der Waals surface area contributed by atoms with E-state index in [0.29, 0.717) is 11.3 Å². The van der Waals surface area contributed by atoms with Crippen LogP contribution < -0.4 is 4.90 Å². The van der Waals surface area contributed by atoms with E-state index in [1.54, 1.807) is 11.3 Å². The third-order valence-corrected chi connectivity index (χ3v) is 3.84. The van der Waals surface area contributed by atoms with Gasteiger partial charge in [-0.3, -0.25) is 0 Å². The highest BCUT2D eigenvalue weighted by Crippen LogP contribution is 2.29. The van der Waals surface area contributed by atoms with Gasteiger partial charge >= 0.3 is 0 Å². The van der Waals surface area contributed by atoms with Crippen LogP contribution in [0.15, 0.2) is 11.4 Å². The first-order valence-corrected chi connectivity index (χ1v) is 6.52. The highest BCUT2D eigenvalue weighted by atomic mass is 35.5. The Kier molecular flexibility index (Phi) is 3.30. The van der Waals surface area contributed by atoms with E-state index >= 15 is 0 Å². The van der Waals surface area contributed by atoms with Gasteiger partial charge in [0.1, 0.15) is 10.6 Å². The summed E-state index contributed by atoms with van der Waals surface area (Å²) in [6, 6.07) is 2.49. The summed E-state index contributed by atoms with van der Waals surface area (Å²) in [7, 11) is 2.05. The van der Waals surface area contributed by atoms with Crippen LogP contribution in [0, 0.1) is 0 Å². The van der Waals surface area contributed by atoms with Crippen molar-refractivity contribution in [1.82, 2.24) is 9.97 Å². The molecule has 0 radical (unpaired) electrons. The van der Waals surface area contributed by atoms with Gasteiger partial charge in [-0.15, -0.1) is 11.3 Å². The lowest BCUT2D eigenvalue weighted by Crippen LogP contribution is -2.29. The maximum Gasteiger partial charge on any atom is 0.225 e. The Hall–Kier alpha value is -0.870. The number of hydrogen-bond donors (Lipinski definition) is 0. The summed E-state index contributed by atoms with van der Waals surface area (Å²) in [4.78, 5) is 11.6. The summed E-state index contributed by atoms with van der Waals surface area (Å²) < 4.78 is 0. The molecule has 0 fully saturated rings. The molecule has 16 heavy (non-hydrogen) atoms. The molecule has 0 aliphatic heterocycles. The normalized spacial score (nSPS) is 13.0. The second-order valence-electron chi connectivity index (χ2n) is 3.82. The molecule has 1 unspecified atom stereocenters. The summed E-state index contributed by atoms with van der Waals surface area (Å²) in [5.41, 5.74) is 0. The van der Waals surface area contributed by atoms with Crippen molar-refractivity contribution < 1.29 is 0 Å². The number of thiophene rings is 1. The van der Waals surface area contributed by atoms with Crippen molar-refractivity contribution in [3.8, 4) is 0 Å². The number of anilines is 1. The fourth-order valence-corrected chi connectivity index (χ4v) is 2.54. The first kappa shape index (κ1) is 11.6. The van der Waals surface area contributed by atoms with Crippen LogP contribution >= 0.6 is 22.9 Å². The smallest absolute Gasteiger partial charge is 0.225 e. The maximum atomic E-state index is 5.93. The van der Waals surface area contributed by atoms with Crippen LogP contribution in [0.2, 0.25) is 5.28 Å². The zero-order valence-electron chi connectivity index (χ0n) is 9.57. The molecule has 0 N–H and O–H groups in total. The second-order valence-corrected chi connectivity index (χ2v) is 5.06. The predicted molar refractivity (Wildman–Crippen MR) is 70.6 cm³/mol. The topological polar surface area (TPSA) is 29.0 Å². The fourth-order valence-electron chi connectivity index (χ4n) is 1.57. The molecule has 5 heteroatoms. The molecular formula is C11H14ClN3S. The van der Waals surface area contributed by atoms with Crippen molar-refractivity contribution in [1.29, 1.82) is 0 Å². The van der Waals surface area contributed by atoms with Crippen LogP contribution in [0.5, 0.6) is 0 Å². The van der Waals surface area contributed by atoms with E-state index in [0.717, 1.165) is 22.5 Å². The Morgan fingerprint density at radius 3 is 2.94 bits per heavy atom. The lowest BCUT2D eigenvalue weighted by Gasteiger charge is -2.25. The number of fused-ring (bicyclic) bond motifs is 1. The van der Waals surface area contributed by atoms with Crippen molar-refractivity contribution in [3.05, 3.63) is 16.7 Å². The molecule has 2 aromatic heterocycles. The molecule has 0 saturated heterocycles. The number of rotatable bonds is 3. The van der Waals surface area contributed by atoms with E-state index in [4.69, 9.17) is 11.6 Å². The standard InChI is InChI=1S/C11H14ClN3S/c1-4-7(2)15(3)9-8-5-6-16-10(8)14-11(12)13-9/h5-7H,4H2,1-3H3. The van der Waals surface area contributed by atoms with Crippen LogP contribution in [-0.2, 0) is 0 Å². The van der Waals surface area contributed by atoms with Crippen LogP contribution in [-0.4, -0.2) is 23.1 Å². The summed E-state index contributed by atoms with van der Waals surface area (Å²) in [6.45, 7) is 4.34. The largest absolute Gasteiger partial charge is 0.356 e. The zero-order valence-corrected chi connectivity index (χ0v) is 11.1. The number of nitrogens with zero attached hydrogens (tertiary/aromatic N) is 3. The molecule has 0 aromatic carbocycles. The lowest BCUT2D eigenvalue weighted by atomic mass is 10.2. The Morgan fingerprint density at radius 1 is 1.50 bits per heavy atom. The van der Waals surface area contributed by atoms with Gasteiger partial charge in [0.05, 0.1) is 5.39 Å². The number of halogens is 1. The molecular weight excluding hydrogens is 242 g/mol. The van der Waals surface area contributed by atoms with Gasteiger partial charge in [0.15, 0.2) is 0 Å². The Balaban J connectivity index is 2.53. The van der Waals surface area contributed by atoms with E-state index < -0.39 is 0 Å². The Labute approximate surface area is 104 Å². The van der Waals surface area contributed by atoms with Gasteiger partial charge in [0.2, 0.25) is 5.28 Å². The summed E-state index contributed by atoms with van der Waals surface area (Å²) in [5.74, 6) is 0.922. The number of hydrogen-bond acceptors (Lipinski definition) is 4. The first-order valence-electron chi connectivity index (χ1n) is 5.27. The average Bonchev–Trinajstić information content (AvgIpc) is 2.73. The zero-order chi connectivity index (χ0) is 11.7. The molecule has 0 bridgehead atoms. The van der Waals surface area contributed by atoms with Crippen LogP contribution in [0.25, 0.3) is 10.2 Å². The minimum Gasteiger partial charge on any atom is -0.356 e. The minimum atomic E-state index is 0.320. The van der Waals surface area contributed by atoms with E-state index in [-0.39, 0.29) is 0 Å². The monoisotopic (exact) mass is 255 g/mol. The SMILES string of the molecule is CCC(C)N(C)c1nc(Cl)nc2sccc12. The summed E-state index contributed by atoms with van der Waals surface area (Å²) in [5, 5.41) is 3.42. The molecule has 2 rings (SSSR count). The van der Waals surface area contributed by atoms with Gasteiger partial charge in [-0.05, 0) is 36.4 Å². The van der Waals surface area contributed by atoms with Gasteiger partial charge in [-0.25, -0.2) is 4.98 Å². The van der Waals surface area contributed by atoms with Crippen LogP contribution in [0.4, 0.5) is 5.82 Å². The fraction of sp³-hybridized carbons (Fsp3) is 0.455. The molecule has 0 aliphatic rings. The molecule has 1 atom stereocenters. The molecule has 2 aromatic rings. The maximum absolute atomic E-state index is 5.93. The average molecular weight is 256 g/mol. The summed E-state index contributed by atoms with van der Waals surface area (Å²) >= 11 is 7.52. The molecule has 0 spiro atoms. The first-order chi connectivity index (χ1) is 7.63. The molecule has 3 nitrogen and oxygen atoms in total. The van der Waals surface area contributed by atoms with Crippen LogP contribution in [0.3, 0.4) is 0 Å². The second kappa shape index (κ2) is 4.55. The lowest BCUT2D eigenvalue weighted by molar-refractivity contribution is 0.658. The minimum absolute atomic E-state index is 0.320. The Bertz CT molecular complexity index is 497. The molecule has 0 amide bonds. The van der Waals surface area contributed by atoms with Gasteiger partial charge < -0.3 is 4.90 Å². The molecule has 0 aliphatic carbocycles. The van der Waals surface area contributed by atoms with Crippen molar-refractivity contribution in [3.63, 3.8) is 0 Å². The molecule has 86 valence electrons. The van der Waals surface area contributed by atoms with E-state index in [9.17, 15) is 0 Å². The van der Waals surface area contributed by atoms with E-state index in [1.807, 2.05) is 18.5 Å². The van der Waals surface area contributed by atoms with Crippen molar-refractivity contribution >= 4 is 39.0 Å². The third-order valence-electron chi connectivity index (χ3n) is 2.86. The molecule has 2 heterocycles. The predicted octanol–water partition coefficient (Wildman–Crippen LogP) is 3.58. The highest BCUT2D eigenvalue weighted by Gasteiger charge is 2.15. The van der Waals surface area contributed by atoms with Crippen molar-refractivity contribution in [2.45, 2.75) is 26.3 Å². The van der Waals surface area contributed by atoms with Crippen molar-refractivity contribution in [2.75, 3.05) is 11.9 Å². The van der Waals surface area contributed by atoms with Crippen molar-refractivity contribution in [2.24, 2.45) is 0 Å². The van der Waals surface area contributed by atoms with Gasteiger partial charge in [-0.1, -0.05) is 6.92 Å². The van der Waals surface area contributed by atoms with Gasteiger partial charge in [-0.2, -0.15) is 4.98 Å². The summed E-state index contributed by atoms with van der Waals surface area (Å²) in [6.07, 6.45) is 1.07. The highest BCUT2D eigenvalue weighted by molar-refractivity contribution is 7.16. The quantitative estimate of drug-likeness (QED) is 0.785. The van der Waals surface area contributed by atoms with Crippen LogP contribution in [0.1, 0.15) is 20.3 Å². The van der Waals surface area contributed by atoms with E-state index in [2.05, 4.69) is 28.7 Å². The number of aromatic nitrogens is 2. The Morgan fingerprint density at radius 2 is 2.25 bits per heavy atom. The van der Waals surface area contributed by atoms with E-state index in [1.165, 1.54) is 0 Å². The van der Waals surface area contributed by atoms with Gasteiger partial charge in [0.25, 0.3) is 0 Å². The molecule has 0 saturated carbocycles. The van der Waals surface area contributed by atoms with Gasteiger partial charge in [0, 0.05) is 13.1 Å².